The van der Waals surface area contributed by atoms with Crippen LogP contribution in [0.2, 0.25) is 0 Å². The van der Waals surface area contributed by atoms with E-state index in [1.165, 1.54) is 0 Å². The fraction of sp³-hybridized carbons (Fsp3) is 0. The molecule has 0 aliphatic rings. The number of hydrogen-bond donors (Lipinski definition) is 0. The zero-order valence-electron chi connectivity index (χ0n) is 12.5. The van der Waals surface area contributed by atoms with Gasteiger partial charge in [-0.15, -0.1) is 0 Å². The third-order valence-corrected chi connectivity index (χ3v) is 10.7. The molecule has 2 heterocycles. The zero-order chi connectivity index (χ0) is 17.0. The summed E-state index contributed by atoms with van der Waals surface area (Å²) in [4.78, 5) is 8.69. The molecule has 6 heteroatoms. The van der Waals surface area contributed by atoms with E-state index in [9.17, 15) is 0 Å². The predicted octanol–water partition coefficient (Wildman–Crippen LogP) is 5.33. The molecule has 0 saturated carbocycles. The average Bonchev–Trinajstić information content (AvgIpc) is 2.62. The maximum absolute atomic E-state index is 5.80. The van der Waals surface area contributed by atoms with E-state index in [1.54, 1.807) is 12.4 Å². The first-order valence-corrected chi connectivity index (χ1v) is 19.5. The molecule has 2 aromatic heterocycles. The SMILES string of the molecule is [Cl][Sn]([Cl])([Cl])[c]1ccccc1.c1cnc2c(c1)ccc1cccnc12. The summed E-state index contributed by atoms with van der Waals surface area (Å²) in [6, 6.07) is 21.5. The Hall–Kier alpha value is -1.07. The van der Waals surface area contributed by atoms with Crippen LogP contribution >= 0.6 is 26.8 Å². The Morgan fingerprint density at radius 1 is 0.583 bits per heavy atom. The van der Waals surface area contributed by atoms with Gasteiger partial charge >= 0.3 is 75.7 Å². The Balaban J connectivity index is 0.000000150. The molecule has 0 fully saturated rings. The van der Waals surface area contributed by atoms with E-state index in [0.29, 0.717) is 0 Å². The molecule has 0 aliphatic carbocycles. The number of fused-ring (bicyclic) bond motifs is 3. The van der Waals surface area contributed by atoms with E-state index in [0.717, 1.165) is 25.4 Å². The predicted molar refractivity (Wildman–Crippen MR) is 106 cm³/mol. The summed E-state index contributed by atoms with van der Waals surface area (Å²) in [6.07, 6.45) is 3.60. The van der Waals surface area contributed by atoms with Crippen molar-refractivity contribution in [3.63, 3.8) is 0 Å². The number of pyridine rings is 2. The van der Waals surface area contributed by atoms with Crippen LogP contribution in [0.25, 0.3) is 21.8 Å². The maximum Gasteiger partial charge on any atom is 0.0964 e. The van der Waals surface area contributed by atoms with Crippen molar-refractivity contribution in [2.45, 2.75) is 0 Å². The second kappa shape index (κ2) is 7.87. The van der Waals surface area contributed by atoms with Gasteiger partial charge in [0.2, 0.25) is 0 Å². The van der Waals surface area contributed by atoms with Crippen molar-refractivity contribution >= 4 is 67.1 Å². The molecule has 0 atom stereocenters. The third-order valence-electron chi connectivity index (χ3n) is 3.45. The normalized spacial score (nSPS) is 11.1. The molecule has 0 saturated heterocycles. The van der Waals surface area contributed by atoms with Crippen LogP contribution in [0, 0.1) is 0 Å². The molecule has 2 aromatic carbocycles. The topological polar surface area (TPSA) is 25.8 Å². The second-order valence-corrected chi connectivity index (χ2v) is 24.9. The number of halogens is 3. The summed E-state index contributed by atoms with van der Waals surface area (Å²) in [6.45, 7) is 0. The summed E-state index contributed by atoms with van der Waals surface area (Å²) in [5.74, 6) is 0. The minimum Gasteiger partial charge on any atom is -0.254 e. The number of nitrogens with zero attached hydrogens (tertiary/aromatic N) is 2. The molecule has 0 spiro atoms. The minimum atomic E-state index is -3.30. The molecule has 4 rings (SSSR count). The minimum absolute atomic E-state index is 0.904. The van der Waals surface area contributed by atoms with Crippen molar-refractivity contribution in [1.29, 1.82) is 0 Å². The summed E-state index contributed by atoms with van der Waals surface area (Å²) < 4.78 is 0.904. The molecule has 2 nitrogen and oxygen atoms in total. The second-order valence-electron chi connectivity index (χ2n) is 5.08. The van der Waals surface area contributed by atoms with Crippen LogP contribution in [0.1, 0.15) is 0 Å². The Bertz CT molecular complexity index is 901. The van der Waals surface area contributed by atoms with Gasteiger partial charge in [-0.05, 0) is 12.1 Å². The van der Waals surface area contributed by atoms with Gasteiger partial charge in [0.1, 0.15) is 0 Å². The number of rotatable bonds is 1. The molecular formula is C18H13Cl3N2Sn. The zero-order valence-corrected chi connectivity index (χ0v) is 17.7. The molecule has 120 valence electrons. The summed E-state index contributed by atoms with van der Waals surface area (Å²) in [5.41, 5.74) is 1.95. The number of benzene rings is 2. The van der Waals surface area contributed by atoms with Crippen molar-refractivity contribution in [1.82, 2.24) is 9.97 Å². The van der Waals surface area contributed by atoms with Gasteiger partial charge in [0, 0.05) is 23.2 Å². The summed E-state index contributed by atoms with van der Waals surface area (Å²) in [5, 5.41) is 2.28. The first kappa shape index (κ1) is 17.7. The Kier molecular flexibility index (Phi) is 5.82. The Morgan fingerprint density at radius 2 is 1.08 bits per heavy atom. The van der Waals surface area contributed by atoms with Crippen LogP contribution in [-0.2, 0) is 0 Å². The number of hydrogen-bond acceptors (Lipinski definition) is 2. The molecule has 0 radical (unpaired) electrons. The molecule has 24 heavy (non-hydrogen) atoms. The van der Waals surface area contributed by atoms with Crippen molar-refractivity contribution in [3.8, 4) is 0 Å². The van der Waals surface area contributed by atoms with Crippen LogP contribution in [0.4, 0.5) is 0 Å². The van der Waals surface area contributed by atoms with Crippen LogP contribution in [0.5, 0.6) is 0 Å². The molecule has 4 aromatic rings. The molecule has 0 unspecified atom stereocenters. The fourth-order valence-electron chi connectivity index (χ4n) is 2.31. The summed E-state index contributed by atoms with van der Waals surface area (Å²) in [7, 11) is 17.4. The molecule has 0 bridgehead atoms. The van der Waals surface area contributed by atoms with Gasteiger partial charge < -0.3 is 0 Å². The van der Waals surface area contributed by atoms with E-state index >= 15 is 0 Å². The van der Waals surface area contributed by atoms with Gasteiger partial charge in [-0.3, -0.25) is 9.97 Å². The molecular weight excluding hydrogens is 469 g/mol. The monoisotopic (exact) mass is 482 g/mol. The Labute approximate surface area is 155 Å². The Morgan fingerprint density at radius 3 is 1.50 bits per heavy atom. The molecule has 0 N–H and O–H groups in total. The smallest absolute Gasteiger partial charge is 0.0964 e. The molecule has 0 aliphatic heterocycles. The third kappa shape index (κ3) is 4.31. The fourth-order valence-corrected chi connectivity index (χ4v) is 6.47. The average molecular weight is 482 g/mol. The first-order chi connectivity index (χ1) is 11.6. The van der Waals surface area contributed by atoms with Crippen LogP contribution in [-0.4, -0.2) is 25.0 Å². The van der Waals surface area contributed by atoms with E-state index in [2.05, 4.69) is 34.2 Å². The van der Waals surface area contributed by atoms with E-state index in [1.807, 2.05) is 42.5 Å². The van der Waals surface area contributed by atoms with Crippen LogP contribution in [0.3, 0.4) is 0 Å². The van der Waals surface area contributed by atoms with Gasteiger partial charge in [-0.2, -0.15) is 0 Å². The van der Waals surface area contributed by atoms with Crippen molar-refractivity contribution in [3.05, 3.63) is 79.1 Å². The van der Waals surface area contributed by atoms with Gasteiger partial charge in [0.25, 0.3) is 0 Å². The standard InChI is InChI=1S/C12H8N2.C6H5.3ClH.Sn/c1-3-9-5-6-10-4-2-8-14-12(10)11(9)13-7-1;1-2-4-6-5-3-1;;;;/h1-8H;1-5H;3*1H;/q;;;;;+3/p-3. The van der Waals surface area contributed by atoms with Gasteiger partial charge in [0.05, 0.1) is 11.0 Å². The number of aromatic nitrogens is 2. The molecule has 0 amide bonds. The van der Waals surface area contributed by atoms with Crippen LogP contribution in [0.15, 0.2) is 79.1 Å². The van der Waals surface area contributed by atoms with Crippen molar-refractivity contribution < 1.29 is 0 Å². The van der Waals surface area contributed by atoms with Crippen LogP contribution < -0.4 is 3.58 Å². The van der Waals surface area contributed by atoms with Crippen molar-refractivity contribution in [2.75, 3.05) is 0 Å². The van der Waals surface area contributed by atoms with Gasteiger partial charge in [0.15, 0.2) is 0 Å². The summed E-state index contributed by atoms with van der Waals surface area (Å²) >= 11 is -3.30. The van der Waals surface area contributed by atoms with Crippen molar-refractivity contribution in [2.24, 2.45) is 0 Å². The van der Waals surface area contributed by atoms with Gasteiger partial charge in [-0.1, -0.05) is 24.3 Å². The van der Waals surface area contributed by atoms with E-state index < -0.39 is 15.0 Å². The van der Waals surface area contributed by atoms with E-state index in [4.69, 9.17) is 26.8 Å². The maximum atomic E-state index is 5.80. The van der Waals surface area contributed by atoms with Gasteiger partial charge in [-0.25, -0.2) is 0 Å². The first-order valence-electron chi connectivity index (χ1n) is 7.26. The largest absolute Gasteiger partial charge is 0.254 e. The quantitative estimate of drug-likeness (QED) is 0.271. The van der Waals surface area contributed by atoms with E-state index in [-0.39, 0.29) is 0 Å².